The third-order valence-corrected chi connectivity index (χ3v) is 4.39. The molecule has 0 unspecified atom stereocenters. The van der Waals surface area contributed by atoms with Gasteiger partial charge >= 0.3 is 0 Å². The molecular weight excluding hydrogens is 356 g/mol. The van der Waals surface area contributed by atoms with Gasteiger partial charge in [-0.2, -0.15) is 0 Å². The minimum atomic E-state index is 0.0762. The van der Waals surface area contributed by atoms with Gasteiger partial charge in [0.2, 0.25) is 5.95 Å². The number of amides is 1. The lowest BCUT2D eigenvalue weighted by molar-refractivity contribution is 0.0746. The molecule has 3 rings (SSSR count). The Labute approximate surface area is 144 Å². The van der Waals surface area contributed by atoms with Crippen LogP contribution in [0, 0.1) is 13.8 Å². The van der Waals surface area contributed by atoms with Crippen LogP contribution in [-0.4, -0.2) is 47.0 Å². The molecule has 1 fully saturated rings. The number of hydrogen-bond acceptors (Lipinski definition) is 4. The van der Waals surface area contributed by atoms with Crippen molar-refractivity contribution in [3.8, 4) is 0 Å². The van der Waals surface area contributed by atoms with Crippen molar-refractivity contribution in [2.45, 2.75) is 13.8 Å². The minimum absolute atomic E-state index is 0.0762. The Morgan fingerprint density at radius 3 is 2.30 bits per heavy atom. The molecule has 0 aliphatic carbocycles. The molecule has 0 atom stereocenters. The summed E-state index contributed by atoms with van der Waals surface area (Å²) in [4.78, 5) is 25.6. The molecule has 0 radical (unpaired) electrons. The summed E-state index contributed by atoms with van der Waals surface area (Å²) in [7, 11) is 0. The zero-order valence-electron chi connectivity index (χ0n) is 13.3. The van der Waals surface area contributed by atoms with Crippen molar-refractivity contribution in [2.75, 3.05) is 31.1 Å². The van der Waals surface area contributed by atoms with Crippen molar-refractivity contribution in [3.63, 3.8) is 0 Å². The van der Waals surface area contributed by atoms with Crippen molar-refractivity contribution < 1.29 is 4.79 Å². The maximum Gasteiger partial charge on any atom is 0.254 e. The summed E-state index contributed by atoms with van der Waals surface area (Å²) in [6.45, 7) is 6.82. The van der Waals surface area contributed by atoms with Crippen LogP contribution in [0.1, 0.15) is 21.7 Å². The molecule has 1 aliphatic heterocycles. The van der Waals surface area contributed by atoms with Gasteiger partial charge in [-0.3, -0.25) is 4.79 Å². The molecule has 0 N–H and O–H groups in total. The van der Waals surface area contributed by atoms with Gasteiger partial charge in [-0.25, -0.2) is 9.97 Å². The van der Waals surface area contributed by atoms with Crippen LogP contribution in [0.5, 0.6) is 0 Å². The van der Waals surface area contributed by atoms with E-state index in [4.69, 9.17) is 0 Å². The van der Waals surface area contributed by atoms with Crippen LogP contribution >= 0.6 is 15.9 Å². The monoisotopic (exact) mass is 374 g/mol. The van der Waals surface area contributed by atoms with Crippen molar-refractivity contribution in [3.05, 3.63) is 51.8 Å². The third kappa shape index (κ3) is 3.69. The third-order valence-electron chi connectivity index (χ3n) is 3.89. The van der Waals surface area contributed by atoms with Gasteiger partial charge in [0.25, 0.3) is 5.91 Å². The highest BCUT2D eigenvalue weighted by atomic mass is 79.9. The first kappa shape index (κ1) is 15.9. The Morgan fingerprint density at radius 1 is 1.04 bits per heavy atom. The van der Waals surface area contributed by atoms with Crippen LogP contribution < -0.4 is 4.90 Å². The summed E-state index contributed by atoms with van der Waals surface area (Å²) in [6.07, 6.45) is 0. The lowest BCUT2D eigenvalue weighted by atomic mass is 10.2. The Hall–Kier alpha value is -1.95. The second kappa shape index (κ2) is 6.66. The van der Waals surface area contributed by atoms with E-state index in [9.17, 15) is 4.79 Å². The number of nitrogens with zero attached hydrogens (tertiary/aromatic N) is 4. The zero-order valence-corrected chi connectivity index (χ0v) is 14.9. The second-order valence-corrected chi connectivity index (χ2v) is 6.66. The number of carbonyl (C=O) groups is 1. The predicted molar refractivity (Wildman–Crippen MR) is 93.8 cm³/mol. The van der Waals surface area contributed by atoms with Gasteiger partial charge in [-0.05, 0) is 38.1 Å². The average Bonchev–Trinajstić information content (AvgIpc) is 2.53. The number of aromatic nitrogens is 2. The minimum Gasteiger partial charge on any atom is -0.337 e. The van der Waals surface area contributed by atoms with E-state index in [1.54, 1.807) is 0 Å². The molecule has 2 heterocycles. The van der Waals surface area contributed by atoms with Gasteiger partial charge in [-0.15, -0.1) is 0 Å². The maximum absolute atomic E-state index is 12.6. The second-order valence-electron chi connectivity index (χ2n) is 5.74. The van der Waals surface area contributed by atoms with Gasteiger partial charge in [0.15, 0.2) is 0 Å². The first-order valence-electron chi connectivity index (χ1n) is 7.65. The van der Waals surface area contributed by atoms with E-state index in [1.165, 1.54) is 0 Å². The van der Waals surface area contributed by atoms with Crippen LogP contribution in [0.4, 0.5) is 5.95 Å². The predicted octanol–water partition coefficient (Wildman–Crippen LogP) is 2.82. The Kier molecular flexibility index (Phi) is 4.61. The highest BCUT2D eigenvalue weighted by Crippen LogP contribution is 2.17. The molecule has 0 saturated carbocycles. The molecule has 1 amide bonds. The van der Waals surface area contributed by atoms with E-state index in [0.717, 1.165) is 40.5 Å². The fraction of sp³-hybridized carbons (Fsp3) is 0.353. The lowest BCUT2D eigenvalue weighted by Gasteiger charge is -2.35. The smallest absolute Gasteiger partial charge is 0.254 e. The van der Waals surface area contributed by atoms with Crippen molar-refractivity contribution in [1.82, 2.24) is 14.9 Å². The molecule has 1 aromatic heterocycles. The van der Waals surface area contributed by atoms with Crippen LogP contribution in [0.3, 0.4) is 0 Å². The number of aryl methyl sites for hydroxylation is 2. The number of hydrogen-bond donors (Lipinski definition) is 0. The SMILES string of the molecule is Cc1cc(C)nc(N2CCN(C(=O)c3cccc(Br)c3)CC2)n1. The molecule has 0 bridgehead atoms. The average molecular weight is 375 g/mol. The Morgan fingerprint density at radius 2 is 1.70 bits per heavy atom. The number of anilines is 1. The molecule has 23 heavy (non-hydrogen) atoms. The van der Waals surface area contributed by atoms with Crippen molar-refractivity contribution in [1.29, 1.82) is 0 Å². The summed E-state index contributed by atoms with van der Waals surface area (Å²) in [5.74, 6) is 0.837. The Balaban J connectivity index is 1.67. The van der Waals surface area contributed by atoms with Crippen molar-refractivity contribution >= 4 is 27.8 Å². The Bertz CT molecular complexity index is 706. The number of piperazine rings is 1. The van der Waals surface area contributed by atoms with Crippen LogP contribution in [-0.2, 0) is 0 Å². The normalized spacial score (nSPS) is 14.9. The van der Waals surface area contributed by atoms with Crippen molar-refractivity contribution in [2.24, 2.45) is 0 Å². The van der Waals surface area contributed by atoms with Crippen LogP contribution in [0.2, 0.25) is 0 Å². The molecule has 5 nitrogen and oxygen atoms in total. The number of halogens is 1. The summed E-state index contributed by atoms with van der Waals surface area (Å²) in [6, 6.07) is 9.49. The highest BCUT2D eigenvalue weighted by Gasteiger charge is 2.23. The fourth-order valence-corrected chi connectivity index (χ4v) is 3.16. The van der Waals surface area contributed by atoms with Gasteiger partial charge in [0.1, 0.15) is 0 Å². The quantitative estimate of drug-likeness (QED) is 0.810. The molecule has 1 aromatic carbocycles. The first-order valence-corrected chi connectivity index (χ1v) is 8.44. The van der Waals surface area contributed by atoms with E-state index in [-0.39, 0.29) is 5.91 Å². The van der Waals surface area contributed by atoms with Crippen LogP contribution in [0.15, 0.2) is 34.8 Å². The van der Waals surface area contributed by atoms with E-state index in [1.807, 2.05) is 49.1 Å². The molecular formula is C17H19BrN4O. The molecule has 6 heteroatoms. The van der Waals surface area contributed by atoms with Gasteiger partial charge < -0.3 is 9.80 Å². The summed E-state index contributed by atoms with van der Waals surface area (Å²) in [5.41, 5.74) is 2.66. The maximum atomic E-state index is 12.6. The van der Waals surface area contributed by atoms with E-state index >= 15 is 0 Å². The molecule has 2 aromatic rings. The number of benzene rings is 1. The first-order chi connectivity index (χ1) is 11.0. The molecule has 0 spiro atoms. The van der Waals surface area contributed by atoms with Gasteiger partial charge in [-0.1, -0.05) is 22.0 Å². The fourth-order valence-electron chi connectivity index (χ4n) is 2.76. The topological polar surface area (TPSA) is 49.3 Å². The van der Waals surface area contributed by atoms with Gasteiger partial charge in [0.05, 0.1) is 0 Å². The molecule has 1 saturated heterocycles. The number of carbonyl (C=O) groups excluding carboxylic acids is 1. The highest BCUT2D eigenvalue weighted by molar-refractivity contribution is 9.10. The molecule has 120 valence electrons. The summed E-state index contributed by atoms with van der Waals surface area (Å²) < 4.78 is 0.922. The van der Waals surface area contributed by atoms with E-state index in [0.29, 0.717) is 13.1 Å². The van der Waals surface area contributed by atoms with E-state index in [2.05, 4.69) is 30.8 Å². The van der Waals surface area contributed by atoms with Crippen LogP contribution in [0.25, 0.3) is 0 Å². The largest absolute Gasteiger partial charge is 0.337 e. The summed E-state index contributed by atoms with van der Waals surface area (Å²) in [5, 5.41) is 0. The summed E-state index contributed by atoms with van der Waals surface area (Å²) >= 11 is 3.41. The van der Waals surface area contributed by atoms with E-state index < -0.39 is 0 Å². The number of rotatable bonds is 2. The molecule has 1 aliphatic rings. The van der Waals surface area contributed by atoms with Gasteiger partial charge in [0, 0.05) is 47.6 Å². The lowest BCUT2D eigenvalue weighted by Crippen LogP contribution is -2.49. The standard InChI is InChI=1S/C17H19BrN4O/c1-12-10-13(2)20-17(19-12)22-8-6-21(7-9-22)16(23)14-4-3-5-15(18)11-14/h3-5,10-11H,6-9H2,1-2H3. The zero-order chi connectivity index (χ0) is 16.4.